The summed E-state index contributed by atoms with van der Waals surface area (Å²) in [6, 6.07) is 5.91. The van der Waals surface area contributed by atoms with Gasteiger partial charge < -0.3 is 24.8 Å². The van der Waals surface area contributed by atoms with Crippen LogP contribution in [-0.2, 0) is 0 Å². The van der Waals surface area contributed by atoms with E-state index in [4.69, 9.17) is 13.8 Å². The number of guanidine groups is 1. The van der Waals surface area contributed by atoms with Crippen molar-refractivity contribution in [3.63, 3.8) is 0 Å². The number of likely N-dealkylation sites (tertiary alicyclic amines) is 1. The minimum absolute atomic E-state index is 0. The molecule has 172 valence electrons. The molecule has 0 saturated carbocycles. The van der Waals surface area contributed by atoms with Gasteiger partial charge in [0.2, 0.25) is 0 Å². The third-order valence-corrected chi connectivity index (χ3v) is 5.22. The second kappa shape index (κ2) is 13.4. The summed E-state index contributed by atoms with van der Waals surface area (Å²) in [5, 5.41) is 9.52. The third-order valence-electron chi connectivity index (χ3n) is 5.22. The summed E-state index contributed by atoms with van der Waals surface area (Å²) in [7, 11) is 0. The number of amides is 1. The van der Waals surface area contributed by atoms with Crippen LogP contribution in [0.3, 0.4) is 0 Å². The van der Waals surface area contributed by atoms with Gasteiger partial charge in [0, 0.05) is 25.2 Å². The van der Waals surface area contributed by atoms with Crippen molar-refractivity contribution >= 4 is 35.8 Å². The van der Waals surface area contributed by atoms with Crippen LogP contribution in [0.5, 0.6) is 0 Å². The van der Waals surface area contributed by atoms with Crippen molar-refractivity contribution in [3.05, 3.63) is 47.8 Å². The van der Waals surface area contributed by atoms with Crippen LogP contribution in [0.1, 0.15) is 54.1 Å². The minimum atomic E-state index is -0.176. The lowest BCUT2D eigenvalue weighted by atomic mass is 10.2. The second-order valence-electron chi connectivity index (χ2n) is 7.46. The predicted molar refractivity (Wildman–Crippen MR) is 132 cm³/mol. The van der Waals surface area contributed by atoms with E-state index < -0.39 is 0 Å². The van der Waals surface area contributed by atoms with Gasteiger partial charge in [0.1, 0.15) is 5.76 Å². The summed E-state index contributed by atoms with van der Waals surface area (Å²) < 4.78 is 10.9. The fourth-order valence-electron chi connectivity index (χ4n) is 3.62. The molecule has 1 aliphatic heterocycles. The number of aliphatic imine (C=N–C) groups is 1. The first-order chi connectivity index (χ1) is 14.7. The summed E-state index contributed by atoms with van der Waals surface area (Å²) in [5.74, 6) is 1.95. The Bertz CT molecular complexity index is 800. The molecule has 1 fully saturated rings. The summed E-state index contributed by atoms with van der Waals surface area (Å²) in [6.45, 7) is 8.77. The molecule has 9 heteroatoms. The van der Waals surface area contributed by atoms with Gasteiger partial charge in [-0.3, -0.25) is 14.7 Å². The summed E-state index contributed by atoms with van der Waals surface area (Å²) >= 11 is 0. The van der Waals surface area contributed by atoms with Crippen LogP contribution in [-0.4, -0.2) is 56.0 Å². The quantitative estimate of drug-likeness (QED) is 0.184. The van der Waals surface area contributed by atoms with E-state index in [9.17, 15) is 4.79 Å². The highest BCUT2D eigenvalue weighted by Crippen LogP contribution is 2.25. The lowest BCUT2D eigenvalue weighted by Crippen LogP contribution is -2.39. The van der Waals surface area contributed by atoms with Crippen LogP contribution in [0, 0.1) is 6.92 Å². The Labute approximate surface area is 201 Å². The lowest BCUT2D eigenvalue weighted by molar-refractivity contribution is 0.0925. The number of hydrogen-bond acceptors (Lipinski definition) is 5. The Morgan fingerprint density at radius 3 is 2.55 bits per heavy atom. The number of carbonyl (C=O) groups is 1. The topological polar surface area (TPSA) is 95.0 Å². The monoisotopic (exact) mass is 543 g/mol. The molecule has 31 heavy (non-hydrogen) atoms. The van der Waals surface area contributed by atoms with Gasteiger partial charge >= 0.3 is 0 Å². The average molecular weight is 543 g/mol. The van der Waals surface area contributed by atoms with Gasteiger partial charge in [-0.2, -0.15) is 0 Å². The van der Waals surface area contributed by atoms with Crippen molar-refractivity contribution < 1.29 is 13.6 Å². The molecular formula is C22H34IN5O3. The van der Waals surface area contributed by atoms with Gasteiger partial charge in [-0.25, -0.2) is 0 Å². The highest BCUT2D eigenvalue weighted by atomic mass is 127. The van der Waals surface area contributed by atoms with Crippen LogP contribution in [0.15, 0.2) is 44.6 Å². The molecule has 1 unspecified atom stereocenters. The first-order valence-electron chi connectivity index (χ1n) is 10.8. The lowest BCUT2D eigenvalue weighted by Gasteiger charge is -2.24. The van der Waals surface area contributed by atoms with Gasteiger partial charge in [0.25, 0.3) is 5.91 Å². The van der Waals surface area contributed by atoms with E-state index in [-0.39, 0.29) is 35.9 Å². The van der Waals surface area contributed by atoms with Crippen molar-refractivity contribution in [1.29, 1.82) is 0 Å². The number of aryl methyl sites for hydroxylation is 1. The van der Waals surface area contributed by atoms with Crippen molar-refractivity contribution in [2.45, 2.75) is 39.2 Å². The fourth-order valence-corrected chi connectivity index (χ4v) is 3.62. The Morgan fingerprint density at radius 1 is 1.13 bits per heavy atom. The molecule has 8 nitrogen and oxygen atoms in total. The maximum atomic E-state index is 12.1. The van der Waals surface area contributed by atoms with Gasteiger partial charge in [0.05, 0.1) is 25.1 Å². The van der Waals surface area contributed by atoms with Crippen LogP contribution in [0.25, 0.3) is 0 Å². The van der Waals surface area contributed by atoms with Crippen LogP contribution in [0.2, 0.25) is 0 Å². The first-order valence-corrected chi connectivity index (χ1v) is 10.8. The molecule has 1 aliphatic rings. The smallest absolute Gasteiger partial charge is 0.287 e. The van der Waals surface area contributed by atoms with Crippen molar-refractivity contribution in [3.8, 4) is 0 Å². The summed E-state index contributed by atoms with van der Waals surface area (Å²) in [4.78, 5) is 19.3. The number of nitrogens with zero attached hydrogens (tertiary/aromatic N) is 2. The number of halogens is 1. The molecule has 0 spiro atoms. The molecule has 0 bridgehead atoms. The molecule has 2 aromatic rings. The molecular weight excluding hydrogens is 509 g/mol. The Hall–Kier alpha value is -2.01. The zero-order chi connectivity index (χ0) is 21.2. The number of hydrogen-bond donors (Lipinski definition) is 3. The highest BCUT2D eigenvalue weighted by Gasteiger charge is 2.25. The maximum Gasteiger partial charge on any atom is 0.287 e. The van der Waals surface area contributed by atoms with E-state index in [1.165, 1.54) is 19.1 Å². The number of rotatable bonds is 10. The normalized spacial score (nSPS) is 15.4. The standard InChI is InChI=1S/C22H33N5O3.HI/c1-3-23-22(25-11-7-10-24-21(28)20-17(2)9-15-30-20)26-16-18(19-8-6-14-29-19)27-12-4-5-13-27;/h6,8-9,14-15,18H,3-5,7,10-13,16H2,1-2H3,(H,24,28)(H2,23,25,26);1H. The zero-order valence-electron chi connectivity index (χ0n) is 18.4. The van der Waals surface area contributed by atoms with Crippen LogP contribution < -0.4 is 16.0 Å². The second-order valence-corrected chi connectivity index (χ2v) is 7.46. The predicted octanol–water partition coefficient (Wildman–Crippen LogP) is 3.31. The maximum absolute atomic E-state index is 12.1. The molecule has 1 saturated heterocycles. The van der Waals surface area contributed by atoms with Gasteiger partial charge in [-0.05, 0) is 64.4 Å². The van der Waals surface area contributed by atoms with E-state index in [0.717, 1.165) is 43.3 Å². The largest absolute Gasteiger partial charge is 0.468 e. The Balaban J connectivity index is 0.00000341. The number of nitrogens with one attached hydrogen (secondary N) is 3. The SMILES string of the molecule is CCNC(=NCC(c1ccco1)N1CCCC1)NCCCNC(=O)c1occc1C.I. The first kappa shape index (κ1) is 25.3. The molecule has 1 atom stereocenters. The molecule has 2 aromatic heterocycles. The summed E-state index contributed by atoms with van der Waals surface area (Å²) in [5.41, 5.74) is 0.844. The van der Waals surface area contributed by atoms with Gasteiger partial charge in [-0.15, -0.1) is 24.0 Å². The number of furan rings is 2. The average Bonchev–Trinajstić information content (AvgIpc) is 3.51. The van der Waals surface area contributed by atoms with E-state index >= 15 is 0 Å². The molecule has 3 heterocycles. The molecule has 3 rings (SSSR count). The zero-order valence-corrected chi connectivity index (χ0v) is 20.7. The molecule has 0 radical (unpaired) electrons. The van der Waals surface area contributed by atoms with E-state index in [0.29, 0.717) is 25.4 Å². The van der Waals surface area contributed by atoms with Crippen molar-refractivity contribution in [2.24, 2.45) is 4.99 Å². The molecule has 3 N–H and O–H groups in total. The Kier molecular flexibility index (Phi) is 10.9. The molecule has 0 aliphatic carbocycles. The fraction of sp³-hybridized carbons (Fsp3) is 0.545. The molecule has 1 amide bonds. The highest BCUT2D eigenvalue weighted by molar-refractivity contribution is 14.0. The third kappa shape index (κ3) is 7.57. The number of carbonyl (C=O) groups excluding carboxylic acids is 1. The van der Waals surface area contributed by atoms with Crippen LogP contribution in [0.4, 0.5) is 0 Å². The van der Waals surface area contributed by atoms with Gasteiger partial charge in [0.15, 0.2) is 11.7 Å². The van der Waals surface area contributed by atoms with Crippen LogP contribution >= 0.6 is 24.0 Å². The summed E-state index contributed by atoms with van der Waals surface area (Å²) in [6.07, 6.45) is 6.49. The minimum Gasteiger partial charge on any atom is -0.468 e. The van der Waals surface area contributed by atoms with E-state index in [1.807, 2.05) is 26.0 Å². The van der Waals surface area contributed by atoms with E-state index in [1.54, 1.807) is 12.3 Å². The van der Waals surface area contributed by atoms with E-state index in [2.05, 4.69) is 20.9 Å². The molecule has 0 aromatic carbocycles. The van der Waals surface area contributed by atoms with Gasteiger partial charge in [-0.1, -0.05) is 0 Å². The van der Waals surface area contributed by atoms with Crippen molar-refractivity contribution in [2.75, 3.05) is 39.3 Å². The Morgan fingerprint density at radius 2 is 1.90 bits per heavy atom. The van der Waals surface area contributed by atoms with Crippen molar-refractivity contribution in [1.82, 2.24) is 20.9 Å².